The van der Waals surface area contributed by atoms with Crippen molar-refractivity contribution in [2.75, 3.05) is 20.3 Å². The lowest BCUT2D eigenvalue weighted by molar-refractivity contribution is 0.0679. The maximum Gasteiger partial charge on any atom is 0.119 e. The third-order valence-electron chi connectivity index (χ3n) is 4.05. The van der Waals surface area contributed by atoms with E-state index in [1.807, 2.05) is 30.1 Å². The molecule has 5 nitrogen and oxygen atoms in total. The van der Waals surface area contributed by atoms with Crippen LogP contribution in [0.1, 0.15) is 24.0 Å². The normalized spacial score (nSPS) is 17.8. The van der Waals surface area contributed by atoms with Gasteiger partial charge in [0.2, 0.25) is 0 Å². The lowest BCUT2D eigenvalue weighted by Crippen LogP contribution is -2.17. The first-order valence-electron chi connectivity index (χ1n) is 8.18. The Hall–Kier alpha value is -1.85. The Balaban J connectivity index is 1.46. The number of hydrogen-bond acceptors (Lipinski definition) is 4. The lowest BCUT2D eigenvalue weighted by atomic mass is 10.2. The van der Waals surface area contributed by atoms with E-state index in [1.54, 1.807) is 0 Å². The summed E-state index contributed by atoms with van der Waals surface area (Å²) in [6.45, 7) is 3.32. The van der Waals surface area contributed by atoms with Gasteiger partial charge in [-0.2, -0.15) is 5.10 Å². The zero-order valence-corrected chi connectivity index (χ0v) is 13.9. The number of hydrogen-bond donors (Lipinski definition) is 0. The molecule has 0 amide bonds. The summed E-state index contributed by atoms with van der Waals surface area (Å²) in [5.74, 6) is 0.916. The summed E-state index contributed by atoms with van der Waals surface area (Å²) in [5, 5.41) is 4.20. The highest BCUT2D eigenvalue weighted by atomic mass is 16.5. The Morgan fingerprint density at radius 2 is 2.04 bits per heavy atom. The van der Waals surface area contributed by atoms with Crippen LogP contribution in [0.5, 0.6) is 5.75 Å². The van der Waals surface area contributed by atoms with Gasteiger partial charge in [-0.25, -0.2) is 0 Å². The topological polar surface area (TPSA) is 39.5 Å². The molecule has 124 valence electrons. The standard InChI is InChI=1S/C18H25N3O2/c1-20(12-16-10-19-21(2)13-16)11-15-5-7-17(8-6-15)23-14-18-4-3-9-22-18/h5-8,10,13,18H,3-4,9,11-12,14H2,1-2H3. The monoisotopic (exact) mass is 315 g/mol. The van der Waals surface area contributed by atoms with Gasteiger partial charge in [0.05, 0.1) is 12.3 Å². The van der Waals surface area contributed by atoms with Gasteiger partial charge >= 0.3 is 0 Å². The highest BCUT2D eigenvalue weighted by Gasteiger charge is 2.15. The van der Waals surface area contributed by atoms with Crippen LogP contribution in [-0.4, -0.2) is 41.0 Å². The van der Waals surface area contributed by atoms with Crippen LogP contribution >= 0.6 is 0 Å². The molecule has 5 heteroatoms. The van der Waals surface area contributed by atoms with Crippen LogP contribution in [-0.2, 0) is 24.9 Å². The summed E-state index contributed by atoms with van der Waals surface area (Å²) >= 11 is 0. The Labute approximate surface area is 137 Å². The van der Waals surface area contributed by atoms with E-state index in [-0.39, 0.29) is 6.10 Å². The molecule has 1 fully saturated rings. The number of aryl methyl sites for hydroxylation is 1. The third-order valence-corrected chi connectivity index (χ3v) is 4.05. The molecule has 0 radical (unpaired) electrons. The molecule has 2 heterocycles. The van der Waals surface area contributed by atoms with E-state index in [0.717, 1.165) is 38.3 Å². The van der Waals surface area contributed by atoms with Crippen LogP contribution in [0.15, 0.2) is 36.7 Å². The summed E-state index contributed by atoms with van der Waals surface area (Å²) in [4.78, 5) is 2.28. The minimum absolute atomic E-state index is 0.264. The molecular formula is C18H25N3O2. The summed E-state index contributed by atoms with van der Waals surface area (Å²) < 4.78 is 13.2. The Kier molecular flexibility index (Phi) is 5.31. The van der Waals surface area contributed by atoms with Crippen molar-refractivity contribution in [1.82, 2.24) is 14.7 Å². The largest absolute Gasteiger partial charge is 0.491 e. The third kappa shape index (κ3) is 4.81. The molecule has 0 N–H and O–H groups in total. The van der Waals surface area contributed by atoms with Gasteiger partial charge in [0, 0.05) is 38.5 Å². The number of aromatic nitrogens is 2. The first-order valence-corrected chi connectivity index (χ1v) is 8.18. The van der Waals surface area contributed by atoms with Gasteiger partial charge in [0.15, 0.2) is 0 Å². The van der Waals surface area contributed by atoms with E-state index >= 15 is 0 Å². The molecule has 0 aliphatic carbocycles. The van der Waals surface area contributed by atoms with E-state index in [2.05, 4.69) is 35.4 Å². The van der Waals surface area contributed by atoms with Crippen LogP contribution < -0.4 is 4.74 Å². The lowest BCUT2D eigenvalue weighted by Gasteiger charge is -2.16. The molecule has 1 unspecified atom stereocenters. The van der Waals surface area contributed by atoms with Crippen molar-refractivity contribution in [3.8, 4) is 5.75 Å². The fourth-order valence-corrected chi connectivity index (χ4v) is 2.89. The van der Waals surface area contributed by atoms with Gasteiger partial charge < -0.3 is 9.47 Å². The van der Waals surface area contributed by atoms with Gasteiger partial charge in [-0.3, -0.25) is 9.58 Å². The van der Waals surface area contributed by atoms with Crippen LogP contribution in [0.2, 0.25) is 0 Å². The molecule has 0 bridgehead atoms. The Bertz CT molecular complexity index is 603. The van der Waals surface area contributed by atoms with Crippen LogP contribution in [0.25, 0.3) is 0 Å². The van der Waals surface area contributed by atoms with Crippen LogP contribution in [0.3, 0.4) is 0 Å². The highest BCUT2D eigenvalue weighted by Crippen LogP contribution is 2.17. The van der Waals surface area contributed by atoms with Crippen molar-refractivity contribution in [2.45, 2.75) is 32.0 Å². The predicted molar refractivity (Wildman–Crippen MR) is 89.3 cm³/mol. The molecular weight excluding hydrogens is 290 g/mol. The van der Waals surface area contributed by atoms with E-state index < -0.39 is 0 Å². The molecule has 1 aliphatic rings. The summed E-state index contributed by atoms with van der Waals surface area (Å²) in [6.07, 6.45) is 6.49. The summed E-state index contributed by atoms with van der Waals surface area (Å²) in [7, 11) is 4.06. The van der Waals surface area contributed by atoms with Crippen molar-refractivity contribution < 1.29 is 9.47 Å². The van der Waals surface area contributed by atoms with Crippen LogP contribution in [0.4, 0.5) is 0 Å². The second-order valence-corrected chi connectivity index (χ2v) is 6.28. The highest BCUT2D eigenvalue weighted by molar-refractivity contribution is 5.27. The molecule has 0 spiro atoms. The smallest absolute Gasteiger partial charge is 0.119 e. The second-order valence-electron chi connectivity index (χ2n) is 6.28. The van der Waals surface area contributed by atoms with E-state index in [4.69, 9.17) is 9.47 Å². The van der Waals surface area contributed by atoms with Crippen molar-refractivity contribution in [1.29, 1.82) is 0 Å². The zero-order chi connectivity index (χ0) is 16.1. The molecule has 1 aromatic carbocycles. The molecule has 1 aromatic heterocycles. The van der Waals surface area contributed by atoms with Gasteiger partial charge in [0.25, 0.3) is 0 Å². The predicted octanol–water partition coefficient (Wildman–Crippen LogP) is 2.61. The number of ether oxygens (including phenoxy) is 2. The minimum atomic E-state index is 0.264. The van der Waals surface area contributed by atoms with Gasteiger partial charge in [-0.15, -0.1) is 0 Å². The zero-order valence-electron chi connectivity index (χ0n) is 13.9. The molecule has 0 saturated carbocycles. The molecule has 1 aliphatic heterocycles. The molecule has 1 saturated heterocycles. The summed E-state index contributed by atoms with van der Waals surface area (Å²) in [5.41, 5.74) is 2.51. The average molecular weight is 315 g/mol. The maximum atomic E-state index is 5.80. The SMILES string of the molecule is CN(Cc1ccc(OCC2CCCO2)cc1)Cc1cnn(C)c1. The average Bonchev–Trinajstić information content (AvgIpc) is 3.18. The van der Waals surface area contributed by atoms with Crippen molar-refractivity contribution in [2.24, 2.45) is 7.05 Å². The number of benzene rings is 1. The first-order chi connectivity index (χ1) is 11.2. The molecule has 23 heavy (non-hydrogen) atoms. The quantitative estimate of drug-likeness (QED) is 0.787. The Morgan fingerprint density at radius 1 is 1.26 bits per heavy atom. The Morgan fingerprint density at radius 3 is 2.70 bits per heavy atom. The fraction of sp³-hybridized carbons (Fsp3) is 0.500. The number of nitrogens with zero attached hydrogens (tertiary/aromatic N) is 3. The molecule has 2 aromatic rings. The van der Waals surface area contributed by atoms with Gasteiger partial charge in [-0.1, -0.05) is 12.1 Å². The fourth-order valence-electron chi connectivity index (χ4n) is 2.89. The molecule has 1 atom stereocenters. The van der Waals surface area contributed by atoms with Gasteiger partial charge in [0.1, 0.15) is 12.4 Å². The van der Waals surface area contributed by atoms with E-state index in [1.165, 1.54) is 11.1 Å². The van der Waals surface area contributed by atoms with Gasteiger partial charge in [-0.05, 0) is 37.6 Å². The number of rotatable bonds is 7. The second kappa shape index (κ2) is 7.62. The van der Waals surface area contributed by atoms with Crippen molar-refractivity contribution in [3.63, 3.8) is 0 Å². The van der Waals surface area contributed by atoms with Crippen molar-refractivity contribution in [3.05, 3.63) is 47.8 Å². The van der Waals surface area contributed by atoms with Crippen molar-refractivity contribution >= 4 is 0 Å². The summed E-state index contributed by atoms with van der Waals surface area (Å²) in [6, 6.07) is 8.35. The van der Waals surface area contributed by atoms with Crippen LogP contribution in [0, 0.1) is 0 Å². The molecule has 3 rings (SSSR count). The maximum absolute atomic E-state index is 5.80. The first kappa shape index (κ1) is 16.0. The minimum Gasteiger partial charge on any atom is -0.491 e. The van der Waals surface area contributed by atoms with E-state index in [9.17, 15) is 0 Å². The van der Waals surface area contributed by atoms with E-state index in [0.29, 0.717) is 6.61 Å².